The molecule has 6 aromatic carbocycles. The molecule has 0 radical (unpaired) electrons. The van der Waals surface area contributed by atoms with Gasteiger partial charge in [-0.2, -0.15) is 0 Å². The van der Waals surface area contributed by atoms with Gasteiger partial charge in [-0.05, 0) is 91.0 Å². The van der Waals surface area contributed by atoms with Crippen LogP contribution in [0.1, 0.15) is 49.9 Å². The van der Waals surface area contributed by atoms with E-state index in [1.54, 1.807) is 0 Å². The quantitative estimate of drug-likeness (QED) is 0.249. The summed E-state index contributed by atoms with van der Waals surface area (Å²) in [5.41, 5.74) is 13.4. The first-order valence-electron chi connectivity index (χ1n) is 14.0. The van der Waals surface area contributed by atoms with E-state index in [9.17, 15) is 0 Å². The van der Waals surface area contributed by atoms with Crippen LogP contribution in [0.3, 0.4) is 0 Å². The summed E-state index contributed by atoms with van der Waals surface area (Å²) < 4.78 is 0. The molecule has 2 aliphatic carbocycles. The van der Waals surface area contributed by atoms with Gasteiger partial charge in [-0.25, -0.2) is 0 Å². The van der Waals surface area contributed by atoms with Crippen LogP contribution in [0.5, 0.6) is 0 Å². The third-order valence-corrected chi connectivity index (χ3v) is 9.43. The predicted molar refractivity (Wildman–Crippen MR) is 166 cm³/mol. The summed E-state index contributed by atoms with van der Waals surface area (Å²) in [6.45, 7) is 9.54. The summed E-state index contributed by atoms with van der Waals surface area (Å²) in [7, 11) is 0. The zero-order valence-electron chi connectivity index (χ0n) is 22.9. The summed E-state index contributed by atoms with van der Waals surface area (Å²) in [6.07, 6.45) is 0. The van der Waals surface area contributed by atoms with Crippen molar-refractivity contribution in [2.45, 2.75) is 38.5 Å². The minimum Gasteiger partial charge on any atom is -0.355 e. The predicted octanol–water partition coefficient (Wildman–Crippen LogP) is 10.3. The van der Waals surface area contributed by atoms with Crippen LogP contribution < -0.4 is 5.32 Å². The Hall–Kier alpha value is -4.36. The Kier molecular flexibility index (Phi) is 4.41. The number of rotatable bonds is 2. The van der Waals surface area contributed by atoms with Gasteiger partial charge in [-0.1, -0.05) is 107 Å². The van der Waals surface area contributed by atoms with Gasteiger partial charge in [0.25, 0.3) is 0 Å². The van der Waals surface area contributed by atoms with Crippen molar-refractivity contribution in [2.75, 3.05) is 5.32 Å². The first kappa shape index (κ1) is 22.6. The van der Waals surface area contributed by atoms with Gasteiger partial charge in [0.15, 0.2) is 0 Å². The number of benzene rings is 6. The Morgan fingerprint density at radius 3 is 1.90 bits per heavy atom. The molecule has 6 aromatic rings. The van der Waals surface area contributed by atoms with Crippen molar-refractivity contribution in [2.24, 2.45) is 0 Å². The van der Waals surface area contributed by atoms with Gasteiger partial charge in [0.2, 0.25) is 0 Å². The van der Waals surface area contributed by atoms with E-state index in [0.717, 1.165) is 11.4 Å². The Morgan fingerprint density at radius 2 is 1.08 bits per heavy atom. The van der Waals surface area contributed by atoms with Crippen molar-refractivity contribution in [3.8, 4) is 22.3 Å². The topological polar surface area (TPSA) is 12.0 Å². The van der Waals surface area contributed by atoms with Crippen molar-refractivity contribution >= 4 is 32.9 Å². The normalized spacial score (nSPS) is 15.6. The first-order valence-corrected chi connectivity index (χ1v) is 14.0. The third-order valence-electron chi connectivity index (χ3n) is 9.43. The van der Waals surface area contributed by atoms with Crippen LogP contribution in [0.4, 0.5) is 11.4 Å². The molecule has 188 valence electrons. The lowest BCUT2D eigenvalue weighted by Gasteiger charge is -2.24. The molecule has 0 bridgehead atoms. The van der Waals surface area contributed by atoms with Crippen LogP contribution in [-0.4, -0.2) is 0 Å². The van der Waals surface area contributed by atoms with Crippen LogP contribution in [-0.2, 0) is 10.8 Å². The van der Waals surface area contributed by atoms with Crippen LogP contribution in [0.25, 0.3) is 43.8 Å². The molecule has 2 aliphatic rings. The minimum absolute atomic E-state index is 0.0352. The average molecular weight is 502 g/mol. The van der Waals surface area contributed by atoms with E-state index < -0.39 is 0 Å². The van der Waals surface area contributed by atoms with Crippen LogP contribution in [0, 0.1) is 0 Å². The van der Waals surface area contributed by atoms with Gasteiger partial charge < -0.3 is 5.32 Å². The van der Waals surface area contributed by atoms with Gasteiger partial charge in [-0.3, -0.25) is 0 Å². The monoisotopic (exact) mass is 501 g/mol. The molecule has 0 saturated heterocycles. The molecule has 1 nitrogen and oxygen atoms in total. The second kappa shape index (κ2) is 7.61. The Balaban J connectivity index is 1.28. The molecule has 1 heteroatoms. The molecule has 0 atom stereocenters. The van der Waals surface area contributed by atoms with Crippen LogP contribution in [0.2, 0.25) is 0 Å². The number of fused-ring (bicyclic) bond motifs is 9. The zero-order chi connectivity index (χ0) is 26.5. The van der Waals surface area contributed by atoms with E-state index in [0.29, 0.717) is 0 Å². The lowest BCUT2D eigenvalue weighted by atomic mass is 9.79. The lowest BCUT2D eigenvalue weighted by molar-refractivity contribution is 0.652. The molecule has 8 rings (SSSR count). The summed E-state index contributed by atoms with van der Waals surface area (Å²) in [5, 5.41) is 8.90. The average Bonchev–Trinajstić information content (AvgIpc) is 3.31. The van der Waals surface area contributed by atoms with Gasteiger partial charge in [-0.15, -0.1) is 0 Å². The Labute approximate surface area is 230 Å². The SMILES string of the molecule is CC1(C)c2cc(Nc3cccc4ccccc34)ccc2-c2cc3c(cc21)-c1c(ccc2ccccc12)C3(C)C. The van der Waals surface area contributed by atoms with E-state index in [4.69, 9.17) is 0 Å². The van der Waals surface area contributed by atoms with Crippen molar-refractivity contribution in [1.82, 2.24) is 0 Å². The molecular formula is C38H31N. The van der Waals surface area contributed by atoms with E-state index in [1.807, 2.05) is 0 Å². The number of hydrogen-bond acceptors (Lipinski definition) is 1. The van der Waals surface area contributed by atoms with Crippen molar-refractivity contribution < 1.29 is 0 Å². The van der Waals surface area contributed by atoms with Crippen LogP contribution in [0.15, 0.2) is 109 Å². The maximum Gasteiger partial charge on any atom is 0.0463 e. The molecule has 0 amide bonds. The largest absolute Gasteiger partial charge is 0.355 e. The van der Waals surface area contributed by atoms with Crippen molar-refractivity contribution in [3.63, 3.8) is 0 Å². The molecule has 0 saturated carbocycles. The summed E-state index contributed by atoms with van der Waals surface area (Å²) in [4.78, 5) is 0. The summed E-state index contributed by atoms with van der Waals surface area (Å²) >= 11 is 0. The second-order valence-electron chi connectivity index (χ2n) is 12.3. The van der Waals surface area contributed by atoms with Crippen molar-refractivity contribution in [1.29, 1.82) is 0 Å². The number of hydrogen-bond donors (Lipinski definition) is 1. The highest BCUT2D eigenvalue weighted by molar-refractivity contribution is 6.04. The molecule has 0 unspecified atom stereocenters. The maximum atomic E-state index is 3.73. The molecule has 0 aromatic heterocycles. The third kappa shape index (κ3) is 3.02. The number of nitrogens with one attached hydrogen (secondary N) is 1. The van der Waals surface area contributed by atoms with Gasteiger partial charge in [0, 0.05) is 27.6 Å². The fourth-order valence-electron chi connectivity index (χ4n) is 7.30. The van der Waals surface area contributed by atoms with E-state index >= 15 is 0 Å². The van der Waals surface area contributed by atoms with Gasteiger partial charge in [0.1, 0.15) is 0 Å². The molecule has 0 aliphatic heterocycles. The van der Waals surface area contributed by atoms with Gasteiger partial charge >= 0.3 is 0 Å². The Bertz CT molecular complexity index is 1980. The number of anilines is 2. The molecule has 1 N–H and O–H groups in total. The fraction of sp³-hybridized carbons (Fsp3) is 0.158. The minimum atomic E-state index is -0.0897. The molecule has 0 heterocycles. The van der Waals surface area contributed by atoms with E-state index in [1.165, 1.54) is 66.1 Å². The van der Waals surface area contributed by atoms with E-state index in [2.05, 4.69) is 142 Å². The van der Waals surface area contributed by atoms with Crippen molar-refractivity contribution in [3.05, 3.63) is 131 Å². The molecule has 39 heavy (non-hydrogen) atoms. The highest BCUT2D eigenvalue weighted by Gasteiger charge is 2.42. The highest BCUT2D eigenvalue weighted by Crippen LogP contribution is 2.57. The Morgan fingerprint density at radius 1 is 0.462 bits per heavy atom. The fourth-order valence-corrected chi connectivity index (χ4v) is 7.30. The lowest BCUT2D eigenvalue weighted by Crippen LogP contribution is -2.17. The zero-order valence-corrected chi connectivity index (χ0v) is 22.9. The summed E-state index contributed by atoms with van der Waals surface area (Å²) in [6, 6.07) is 40.5. The first-order chi connectivity index (χ1) is 18.8. The van der Waals surface area contributed by atoms with Crippen LogP contribution >= 0.6 is 0 Å². The molecule has 0 fully saturated rings. The summed E-state index contributed by atoms with van der Waals surface area (Å²) in [5.74, 6) is 0. The standard InChI is InChI=1S/C38H31N/c1-37(2)31-19-16-24-11-6-8-14-27(24)36(31)30-22-33-29(21-34(30)37)28-18-17-25(20-32(28)38(33,3)4)39-35-15-9-12-23-10-5-7-13-26(23)35/h5-22,39H,1-4H3. The second-order valence-corrected chi connectivity index (χ2v) is 12.3. The molecule has 0 spiro atoms. The highest BCUT2D eigenvalue weighted by atomic mass is 14.9. The maximum absolute atomic E-state index is 3.73. The van der Waals surface area contributed by atoms with Gasteiger partial charge in [0.05, 0.1) is 0 Å². The van der Waals surface area contributed by atoms with E-state index in [-0.39, 0.29) is 10.8 Å². The smallest absolute Gasteiger partial charge is 0.0463 e. The molecular weight excluding hydrogens is 470 g/mol.